The largest absolute Gasteiger partial charge is 0.469 e. The Labute approximate surface area is 139 Å². The third kappa shape index (κ3) is 5.06. The van der Waals surface area contributed by atoms with E-state index in [9.17, 15) is 4.79 Å². The van der Waals surface area contributed by atoms with Gasteiger partial charge in [-0.1, -0.05) is 23.2 Å². The first-order valence-electron chi connectivity index (χ1n) is 6.98. The van der Waals surface area contributed by atoms with E-state index in [1.165, 1.54) is 7.11 Å². The molecule has 1 aromatic carbocycles. The van der Waals surface area contributed by atoms with Gasteiger partial charge in [-0.2, -0.15) is 0 Å². The van der Waals surface area contributed by atoms with E-state index in [1.54, 1.807) is 17.8 Å². The normalized spacial score (nSPS) is 19.5. The van der Waals surface area contributed by atoms with E-state index in [2.05, 4.69) is 4.90 Å². The summed E-state index contributed by atoms with van der Waals surface area (Å²) in [5.41, 5.74) is 0. The Bertz CT molecular complexity index is 499. The van der Waals surface area contributed by atoms with Gasteiger partial charge < -0.3 is 9.64 Å². The number of thioether (sulfide) groups is 1. The summed E-state index contributed by atoms with van der Waals surface area (Å²) >= 11 is 13.8. The molecule has 3 nitrogen and oxygen atoms in total. The highest BCUT2D eigenvalue weighted by Crippen LogP contribution is 2.30. The van der Waals surface area contributed by atoms with Crippen LogP contribution in [-0.4, -0.2) is 43.4 Å². The number of rotatable bonds is 5. The molecule has 1 aliphatic rings. The summed E-state index contributed by atoms with van der Waals surface area (Å²) in [4.78, 5) is 14.9. The van der Waals surface area contributed by atoms with Crippen LogP contribution in [-0.2, 0) is 9.53 Å². The monoisotopic (exact) mass is 347 g/mol. The third-order valence-electron chi connectivity index (χ3n) is 3.60. The zero-order chi connectivity index (χ0) is 15.2. The van der Waals surface area contributed by atoms with Gasteiger partial charge in [0, 0.05) is 28.8 Å². The van der Waals surface area contributed by atoms with Crippen LogP contribution in [0.1, 0.15) is 12.8 Å². The number of nitrogens with zero attached hydrogens (tertiary/aromatic N) is 1. The minimum absolute atomic E-state index is 0.0171. The lowest BCUT2D eigenvalue weighted by atomic mass is 9.98. The predicted octanol–water partition coefficient (Wildman–Crippen LogP) is 3.97. The molecule has 0 N–H and O–H groups in total. The standard InChI is InChI=1S/C15H19Cl2NO2S/c1-20-15(19)11-3-2-6-18(10-11)7-8-21-14-9-12(16)4-5-13(14)17/h4-5,9,11H,2-3,6-8,10H2,1H3/t11-/m0/s1. The van der Waals surface area contributed by atoms with Gasteiger partial charge in [-0.05, 0) is 37.6 Å². The van der Waals surface area contributed by atoms with Gasteiger partial charge in [-0.3, -0.25) is 4.79 Å². The van der Waals surface area contributed by atoms with Crippen molar-refractivity contribution in [1.29, 1.82) is 0 Å². The van der Waals surface area contributed by atoms with Gasteiger partial charge in [-0.15, -0.1) is 11.8 Å². The summed E-state index contributed by atoms with van der Waals surface area (Å²) in [5, 5.41) is 1.43. The van der Waals surface area contributed by atoms with Gasteiger partial charge in [0.05, 0.1) is 18.1 Å². The summed E-state index contributed by atoms with van der Waals surface area (Å²) in [5.74, 6) is 0.849. The van der Waals surface area contributed by atoms with Crippen LogP contribution in [0, 0.1) is 5.92 Å². The number of hydrogen-bond acceptors (Lipinski definition) is 4. The number of halogens is 2. The van der Waals surface area contributed by atoms with Crippen molar-refractivity contribution in [1.82, 2.24) is 4.90 Å². The van der Waals surface area contributed by atoms with Crippen molar-refractivity contribution in [3.63, 3.8) is 0 Å². The minimum Gasteiger partial charge on any atom is -0.469 e. The van der Waals surface area contributed by atoms with Crippen LogP contribution in [0.3, 0.4) is 0 Å². The van der Waals surface area contributed by atoms with E-state index in [-0.39, 0.29) is 11.9 Å². The molecule has 0 radical (unpaired) electrons. The number of benzene rings is 1. The SMILES string of the molecule is COC(=O)[C@H]1CCCN(CCSc2cc(Cl)ccc2Cl)C1. The fourth-order valence-corrected chi connectivity index (χ4v) is 3.99. The molecule has 0 aliphatic carbocycles. The van der Waals surface area contributed by atoms with E-state index >= 15 is 0 Å². The number of hydrogen-bond donors (Lipinski definition) is 0. The maximum absolute atomic E-state index is 11.6. The van der Waals surface area contributed by atoms with Gasteiger partial charge >= 0.3 is 5.97 Å². The lowest BCUT2D eigenvalue weighted by molar-refractivity contribution is -0.147. The molecule has 1 atom stereocenters. The Hall–Kier alpha value is -0.420. The van der Waals surface area contributed by atoms with E-state index in [1.807, 2.05) is 12.1 Å². The Morgan fingerprint density at radius 3 is 3.05 bits per heavy atom. The first-order chi connectivity index (χ1) is 10.1. The molecular formula is C15H19Cl2NO2S. The second kappa shape index (κ2) is 8.28. The molecule has 1 aromatic rings. The molecule has 116 valence electrons. The second-order valence-corrected chi connectivity index (χ2v) is 7.07. The maximum Gasteiger partial charge on any atom is 0.309 e. The van der Waals surface area contributed by atoms with Crippen LogP contribution in [0.15, 0.2) is 23.1 Å². The summed E-state index contributed by atoms with van der Waals surface area (Å²) in [6, 6.07) is 5.50. The van der Waals surface area contributed by atoms with Crippen LogP contribution >= 0.6 is 35.0 Å². The van der Waals surface area contributed by atoms with Crippen molar-refractivity contribution < 1.29 is 9.53 Å². The molecule has 1 fully saturated rings. The summed E-state index contributed by atoms with van der Waals surface area (Å²) in [7, 11) is 1.46. The highest BCUT2D eigenvalue weighted by Gasteiger charge is 2.26. The molecule has 2 rings (SSSR count). The number of methoxy groups -OCH3 is 1. The van der Waals surface area contributed by atoms with E-state index in [0.29, 0.717) is 5.02 Å². The number of likely N-dealkylation sites (tertiary alicyclic amines) is 1. The van der Waals surface area contributed by atoms with Gasteiger partial charge in [0.15, 0.2) is 0 Å². The van der Waals surface area contributed by atoms with Crippen molar-refractivity contribution >= 4 is 40.9 Å². The highest BCUT2D eigenvalue weighted by molar-refractivity contribution is 7.99. The fraction of sp³-hybridized carbons (Fsp3) is 0.533. The number of carbonyl (C=O) groups excluding carboxylic acids is 1. The number of carbonyl (C=O) groups is 1. The molecule has 1 heterocycles. The zero-order valence-corrected chi connectivity index (χ0v) is 14.3. The molecule has 0 unspecified atom stereocenters. The van der Waals surface area contributed by atoms with E-state index < -0.39 is 0 Å². The summed E-state index contributed by atoms with van der Waals surface area (Å²) in [6.07, 6.45) is 1.97. The fourth-order valence-electron chi connectivity index (χ4n) is 2.49. The Kier molecular flexibility index (Phi) is 6.68. The molecule has 0 bridgehead atoms. The van der Waals surface area contributed by atoms with Gasteiger partial charge in [-0.25, -0.2) is 0 Å². The molecule has 0 amide bonds. The topological polar surface area (TPSA) is 29.5 Å². The van der Waals surface area contributed by atoms with Crippen LogP contribution in [0.25, 0.3) is 0 Å². The molecule has 21 heavy (non-hydrogen) atoms. The average molecular weight is 348 g/mol. The summed E-state index contributed by atoms with van der Waals surface area (Å²) in [6.45, 7) is 2.76. The van der Waals surface area contributed by atoms with Crippen LogP contribution in [0.5, 0.6) is 0 Å². The van der Waals surface area contributed by atoms with Crippen LogP contribution in [0.2, 0.25) is 10.0 Å². The zero-order valence-electron chi connectivity index (χ0n) is 12.0. The van der Waals surface area contributed by atoms with E-state index in [4.69, 9.17) is 27.9 Å². The molecule has 1 aliphatic heterocycles. The second-order valence-electron chi connectivity index (χ2n) is 5.09. The highest BCUT2D eigenvalue weighted by atomic mass is 35.5. The van der Waals surface area contributed by atoms with Gasteiger partial charge in [0.25, 0.3) is 0 Å². The van der Waals surface area contributed by atoms with Crippen LogP contribution < -0.4 is 0 Å². The van der Waals surface area contributed by atoms with Crippen molar-refractivity contribution in [3.8, 4) is 0 Å². The first-order valence-corrected chi connectivity index (χ1v) is 8.72. The number of piperidine rings is 1. The van der Waals surface area contributed by atoms with Crippen molar-refractivity contribution in [3.05, 3.63) is 28.2 Å². The molecular weight excluding hydrogens is 329 g/mol. The minimum atomic E-state index is -0.0924. The molecule has 1 saturated heterocycles. The quantitative estimate of drug-likeness (QED) is 0.595. The third-order valence-corrected chi connectivity index (χ3v) is 5.31. The Balaban J connectivity index is 1.80. The summed E-state index contributed by atoms with van der Waals surface area (Å²) < 4.78 is 4.84. The number of esters is 1. The Morgan fingerprint density at radius 2 is 2.29 bits per heavy atom. The van der Waals surface area contributed by atoms with E-state index in [0.717, 1.165) is 48.1 Å². The average Bonchev–Trinajstić information content (AvgIpc) is 2.50. The van der Waals surface area contributed by atoms with Crippen molar-refractivity contribution in [2.45, 2.75) is 17.7 Å². The molecule has 6 heteroatoms. The molecule has 0 aromatic heterocycles. The van der Waals surface area contributed by atoms with Crippen LogP contribution in [0.4, 0.5) is 0 Å². The number of ether oxygens (including phenoxy) is 1. The van der Waals surface area contributed by atoms with Gasteiger partial charge in [0.1, 0.15) is 0 Å². The van der Waals surface area contributed by atoms with Gasteiger partial charge in [0.2, 0.25) is 0 Å². The van der Waals surface area contributed by atoms with Crippen molar-refractivity contribution in [2.24, 2.45) is 5.92 Å². The molecule has 0 spiro atoms. The first kappa shape index (κ1) is 16.9. The lowest BCUT2D eigenvalue weighted by Gasteiger charge is -2.31. The Morgan fingerprint density at radius 1 is 1.48 bits per heavy atom. The predicted molar refractivity (Wildman–Crippen MR) is 88.4 cm³/mol. The molecule has 0 saturated carbocycles. The lowest BCUT2D eigenvalue weighted by Crippen LogP contribution is -2.40. The van der Waals surface area contributed by atoms with Crippen molar-refractivity contribution in [2.75, 3.05) is 32.5 Å². The maximum atomic E-state index is 11.6. The smallest absolute Gasteiger partial charge is 0.309 e.